The van der Waals surface area contributed by atoms with Gasteiger partial charge in [0, 0.05) is 19.4 Å². The molecule has 1 aliphatic rings. The summed E-state index contributed by atoms with van der Waals surface area (Å²) >= 11 is 1.27. The SMILES string of the molecule is CSC1(O)C=CC(C[C@H](NC(=O)N=Nc2ccccc2)C(=O)N[C@@H](CCCN=C(N)N)C(=O)O)=CC1. The Balaban J connectivity index is 2.12. The van der Waals surface area contributed by atoms with Gasteiger partial charge in [-0.25, -0.2) is 9.59 Å². The van der Waals surface area contributed by atoms with Crippen LogP contribution in [-0.4, -0.2) is 63.9 Å². The predicted molar refractivity (Wildman–Crippen MR) is 138 cm³/mol. The minimum absolute atomic E-state index is 0.0553. The van der Waals surface area contributed by atoms with Crippen molar-refractivity contribution in [3.05, 3.63) is 54.1 Å². The minimum atomic E-state index is -1.23. The van der Waals surface area contributed by atoms with E-state index < -0.39 is 34.9 Å². The molecule has 1 aromatic rings. The van der Waals surface area contributed by atoms with Crippen molar-refractivity contribution in [3.8, 4) is 0 Å². The molecule has 1 aliphatic carbocycles. The molecule has 0 aromatic heterocycles. The first-order valence-electron chi connectivity index (χ1n) is 11.1. The number of amides is 3. The zero-order valence-electron chi connectivity index (χ0n) is 19.8. The number of azo groups is 1. The molecule has 2 rings (SSSR count). The van der Waals surface area contributed by atoms with Gasteiger partial charge in [-0.2, -0.15) is 0 Å². The Labute approximate surface area is 213 Å². The fourth-order valence-electron chi connectivity index (χ4n) is 3.21. The van der Waals surface area contributed by atoms with Crippen LogP contribution in [0.2, 0.25) is 0 Å². The first kappa shape index (κ1) is 28.5. The van der Waals surface area contributed by atoms with E-state index in [1.807, 2.05) is 0 Å². The van der Waals surface area contributed by atoms with Crippen molar-refractivity contribution in [2.75, 3.05) is 12.8 Å². The number of hydrogen-bond acceptors (Lipinski definition) is 7. The number of carboxylic acids is 1. The molecule has 13 heteroatoms. The Morgan fingerprint density at radius 3 is 2.47 bits per heavy atom. The highest BCUT2D eigenvalue weighted by Gasteiger charge is 2.29. The van der Waals surface area contributed by atoms with Crippen molar-refractivity contribution in [3.63, 3.8) is 0 Å². The van der Waals surface area contributed by atoms with Gasteiger partial charge in [-0.3, -0.25) is 9.79 Å². The van der Waals surface area contributed by atoms with E-state index in [1.54, 1.807) is 54.8 Å². The number of carbonyl (C=O) groups excluding carboxylic acids is 2. The van der Waals surface area contributed by atoms with Crippen LogP contribution in [0.1, 0.15) is 25.7 Å². The molecule has 0 spiro atoms. The number of allylic oxidation sites excluding steroid dienone is 1. The summed E-state index contributed by atoms with van der Waals surface area (Å²) in [7, 11) is 0. The van der Waals surface area contributed by atoms with Gasteiger partial charge in [0.05, 0.1) is 5.69 Å². The monoisotopic (exact) mass is 517 g/mol. The molecule has 0 radical (unpaired) electrons. The second kappa shape index (κ2) is 14.0. The van der Waals surface area contributed by atoms with Crippen LogP contribution >= 0.6 is 11.8 Å². The number of thioether (sulfide) groups is 1. The van der Waals surface area contributed by atoms with Crippen molar-refractivity contribution in [1.82, 2.24) is 10.6 Å². The quantitative estimate of drug-likeness (QED) is 0.0790. The van der Waals surface area contributed by atoms with E-state index in [0.717, 1.165) is 0 Å². The lowest BCUT2D eigenvalue weighted by Crippen LogP contribution is -2.51. The number of nitrogens with zero attached hydrogens (tertiary/aromatic N) is 3. The van der Waals surface area contributed by atoms with Crippen molar-refractivity contribution < 1.29 is 24.6 Å². The number of nitrogens with two attached hydrogens (primary N) is 2. The molecule has 0 saturated heterocycles. The zero-order chi connectivity index (χ0) is 26.6. The van der Waals surface area contributed by atoms with Crippen LogP contribution in [-0.2, 0) is 9.59 Å². The average molecular weight is 518 g/mol. The predicted octanol–water partition coefficient (Wildman–Crippen LogP) is 1.80. The highest BCUT2D eigenvalue weighted by Crippen LogP contribution is 2.31. The summed E-state index contributed by atoms with van der Waals surface area (Å²) in [6.45, 7) is 0.206. The third kappa shape index (κ3) is 9.88. The summed E-state index contributed by atoms with van der Waals surface area (Å²) in [5.41, 5.74) is 11.7. The van der Waals surface area contributed by atoms with Gasteiger partial charge in [0.15, 0.2) is 5.96 Å². The fraction of sp³-hybridized carbons (Fsp3) is 0.391. The Bertz CT molecular complexity index is 1040. The molecule has 1 unspecified atom stereocenters. The molecule has 0 bridgehead atoms. The summed E-state index contributed by atoms with van der Waals surface area (Å²) in [6.07, 6.45) is 7.59. The molecule has 1 aromatic carbocycles. The number of rotatable bonds is 12. The zero-order valence-corrected chi connectivity index (χ0v) is 20.6. The average Bonchev–Trinajstić information content (AvgIpc) is 2.85. The number of aliphatic hydroxyl groups is 1. The van der Waals surface area contributed by atoms with Crippen molar-refractivity contribution >= 4 is 41.3 Å². The summed E-state index contributed by atoms with van der Waals surface area (Å²) in [6, 6.07) is 5.37. The van der Waals surface area contributed by atoms with Gasteiger partial charge in [-0.05, 0) is 42.9 Å². The van der Waals surface area contributed by atoms with Gasteiger partial charge in [-0.15, -0.1) is 16.9 Å². The molecule has 3 amide bonds. The topological polar surface area (TPSA) is 205 Å². The van der Waals surface area contributed by atoms with E-state index in [1.165, 1.54) is 11.8 Å². The normalized spacial score (nSPS) is 18.7. The summed E-state index contributed by atoms with van der Waals surface area (Å²) in [5, 5.41) is 32.3. The smallest absolute Gasteiger partial charge is 0.360 e. The van der Waals surface area contributed by atoms with Crippen molar-refractivity contribution in [2.45, 2.75) is 42.7 Å². The lowest BCUT2D eigenvalue weighted by atomic mass is 9.97. The van der Waals surface area contributed by atoms with Crippen LogP contribution in [0.5, 0.6) is 0 Å². The maximum absolute atomic E-state index is 13.0. The van der Waals surface area contributed by atoms with E-state index in [-0.39, 0.29) is 25.3 Å². The van der Waals surface area contributed by atoms with Crippen LogP contribution in [0.4, 0.5) is 10.5 Å². The van der Waals surface area contributed by atoms with Crippen molar-refractivity contribution in [1.29, 1.82) is 0 Å². The molecular formula is C23H31N7O5S. The number of carboxylic acid groups (broad SMARTS) is 1. The Kier molecular flexibility index (Phi) is 11.1. The van der Waals surface area contributed by atoms with Gasteiger partial charge in [0.2, 0.25) is 5.91 Å². The lowest BCUT2D eigenvalue weighted by Gasteiger charge is -2.26. The molecule has 8 N–H and O–H groups in total. The molecule has 0 heterocycles. The van der Waals surface area contributed by atoms with Gasteiger partial charge in [0.1, 0.15) is 17.0 Å². The van der Waals surface area contributed by atoms with Crippen molar-refractivity contribution in [2.24, 2.45) is 26.7 Å². The number of aliphatic imine (C=N–C) groups is 1. The number of hydrogen-bond donors (Lipinski definition) is 6. The number of aliphatic carboxylic acids is 1. The highest BCUT2D eigenvalue weighted by atomic mass is 32.2. The van der Waals surface area contributed by atoms with Crippen LogP contribution in [0.25, 0.3) is 0 Å². The molecular weight excluding hydrogens is 486 g/mol. The van der Waals surface area contributed by atoms with Gasteiger partial charge in [0.25, 0.3) is 0 Å². The second-order valence-electron chi connectivity index (χ2n) is 7.96. The third-order valence-corrected chi connectivity index (χ3v) is 6.20. The maximum atomic E-state index is 13.0. The third-order valence-electron chi connectivity index (χ3n) is 5.19. The molecule has 0 aliphatic heterocycles. The van der Waals surface area contributed by atoms with E-state index in [4.69, 9.17) is 11.5 Å². The molecule has 194 valence electrons. The van der Waals surface area contributed by atoms with E-state index in [2.05, 4.69) is 25.9 Å². The van der Waals surface area contributed by atoms with Gasteiger partial charge >= 0.3 is 12.0 Å². The standard InChI is InChI=1S/C23H31N7O5S/c1-36-23(35)11-9-15(10-12-23)14-18(28-22(34)30-29-16-6-3-2-4-7-16)19(31)27-17(20(32)33)8-5-13-26-21(24)25/h2-4,6-7,9-11,17-18,35H,5,8,12-14H2,1H3,(H,27,31)(H,28,34)(H,32,33)(H4,24,25,26)/t17-,18-,23?/m0/s1. The fourth-order valence-corrected chi connectivity index (χ4v) is 3.66. The first-order valence-corrected chi connectivity index (χ1v) is 12.4. The van der Waals surface area contributed by atoms with Gasteiger partial charge < -0.3 is 32.3 Å². The molecule has 36 heavy (non-hydrogen) atoms. The second-order valence-corrected chi connectivity index (χ2v) is 9.07. The highest BCUT2D eigenvalue weighted by molar-refractivity contribution is 7.99. The Hall–Kier alpha value is -3.71. The number of guanidine groups is 1. The summed E-state index contributed by atoms with van der Waals surface area (Å²) in [5.74, 6) is -2.04. The largest absolute Gasteiger partial charge is 0.480 e. The number of carbonyl (C=O) groups is 3. The van der Waals surface area contributed by atoms with E-state index >= 15 is 0 Å². The van der Waals surface area contributed by atoms with Crippen LogP contribution in [0.3, 0.4) is 0 Å². The van der Waals surface area contributed by atoms with Crippen LogP contribution in [0, 0.1) is 0 Å². The maximum Gasteiger partial charge on any atom is 0.360 e. The minimum Gasteiger partial charge on any atom is -0.480 e. The first-order chi connectivity index (χ1) is 17.1. The Morgan fingerprint density at radius 2 is 1.89 bits per heavy atom. The Morgan fingerprint density at radius 1 is 1.17 bits per heavy atom. The van der Waals surface area contributed by atoms with E-state index in [9.17, 15) is 24.6 Å². The van der Waals surface area contributed by atoms with Crippen LogP contribution < -0.4 is 22.1 Å². The van der Waals surface area contributed by atoms with Crippen LogP contribution in [0.15, 0.2) is 69.4 Å². The number of urea groups is 1. The van der Waals surface area contributed by atoms with E-state index in [0.29, 0.717) is 24.1 Å². The lowest BCUT2D eigenvalue weighted by molar-refractivity contribution is -0.142. The van der Waals surface area contributed by atoms with Gasteiger partial charge in [-0.1, -0.05) is 35.5 Å². The number of benzene rings is 1. The summed E-state index contributed by atoms with van der Waals surface area (Å²) < 4.78 is 0. The molecule has 0 fully saturated rings. The number of nitrogens with one attached hydrogen (secondary N) is 2. The molecule has 0 saturated carbocycles. The molecule has 3 atom stereocenters. The summed E-state index contributed by atoms with van der Waals surface area (Å²) in [4.78, 5) is 39.9. The molecule has 12 nitrogen and oxygen atoms in total.